The molecule has 0 rings (SSSR count). The average molecular weight is 90.1 g/mol. The van der Waals surface area contributed by atoms with Crippen LogP contribution in [0.2, 0.25) is 0 Å². The molecule has 0 aliphatic carbocycles. The van der Waals surface area contributed by atoms with Crippen molar-refractivity contribution in [1.29, 1.82) is 0 Å². The SMILES string of the molecule is CC(F)N=CN. The average Bonchev–Trinajstić information content (AvgIpc) is 1.35. The summed E-state index contributed by atoms with van der Waals surface area (Å²) in [5, 5.41) is 0. The van der Waals surface area contributed by atoms with E-state index in [1.165, 1.54) is 6.92 Å². The molecule has 0 saturated heterocycles. The molecule has 0 aromatic heterocycles. The quantitative estimate of drug-likeness (QED) is 0.280. The highest BCUT2D eigenvalue weighted by atomic mass is 19.1. The van der Waals surface area contributed by atoms with Crippen molar-refractivity contribution in [2.24, 2.45) is 10.7 Å². The van der Waals surface area contributed by atoms with E-state index in [9.17, 15) is 4.39 Å². The predicted octanol–water partition coefficient (Wildman–Crippen LogP) is 0.289. The zero-order valence-corrected chi connectivity index (χ0v) is 3.56. The van der Waals surface area contributed by atoms with E-state index in [-0.39, 0.29) is 0 Å². The van der Waals surface area contributed by atoms with Gasteiger partial charge in [-0.1, -0.05) is 0 Å². The summed E-state index contributed by atoms with van der Waals surface area (Å²) in [6, 6.07) is 0. The highest BCUT2D eigenvalue weighted by Crippen LogP contribution is 1.83. The maximum Gasteiger partial charge on any atom is 0.188 e. The molecule has 6 heavy (non-hydrogen) atoms. The van der Waals surface area contributed by atoms with E-state index >= 15 is 0 Å². The van der Waals surface area contributed by atoms with Gasteiger partial charge in [-0.2, -0.15) is 0 Å². The Hall–Kier alpha value is -0.600. The molecule has 0 aliphatic rings. The van der Waals surface area contributed by atoms with Gasteiger partial charge < -0.3 is 5.73 Å². The lowest BCUT2D eigenvalue weighted by Gasteiger charge is -1.83. The summed E-state index contributed by atoms with van der Waals surface area (Å²) in [4.78, 5) is 3.11. The summed E-state index contributed by atoms with van der Waals surface area (Å²) in [5.41, 5.74) is 4.70. The van der Waals surface area contributed by atoms with Gasteiger partial charge in [-0.25, -0.2) is 9.38 Å². The van der Waals surface area contributed by atoms with Gasteiger partial charge in [0, 0.05) is 0 Å². The molecule has 0 aliphatic heterocycles. The van der Waals surface area contributed by atoms with E-state index in [1.807, 2.05) is 0 Å². The first-order valence-electron chi connectivity index (χ1n) is 1.65. The molecule has 0 saturated carbocycles. The smallest absolute Gasteiger partial charge is 0.188 e. The van der Waals surface area contributed by atoms with Gasteiger partial charge in [-0.05, 0) is 6.92 Å². The number of halogens is 1. The lowest BCUT2D eigenvalue weighted by Crippen LogP contribution is -1.93. The van der Waals surface area contributed by atoms with E-state index in [4.69, 9.17) is 5.73 Å². The summed E-state index contributed by atoms with van der Waals surface area (Å²) in [6.07, 6.45) is -0.208. The van der Waals surface area contributed by atoms with Crippen LogP contribution in [0.15, 0.2) is 4.99 Å². The second-order valence-electron chi connectivity index (χ2n) is 0.872. The number of nitrogens with two attached hydrogens (primary N) is 1. The Morgan fingerprint density at radius 1 is 2.00 bits per heavy atom. The fourth-order valence-corrected chi connectivity index (χ4v) is 0.119. The third kappa shape index (κ3) is 3.40. The second-order valence-corrected chi connectivity index (χ2v) is 0.872. The van der Waals surface area contributed by atoms with Gasteiger partial charge in [0.05, 0.1) is 6.34 Å². The van der Waals surface area contributed by atoms with Gasteiger partial charge in [0.15, 0.2) is 6.30 Å². The number of aliphatic imine (C=N–C) groups is 1. The normalized spacial score (nSPS) is 15.7. The van der Waals surface area contributed by atoms with E-state index in [1.54, 1.807) is 0 Å². The van der Waals surface area contributed by atoms with Crippen molar-refractivity contribution in [3.05, 3.63) is 0 Å². The molecule has 2 nitrogen and oxygen atoms in total. The lowest BCUT2D eigenvalue weighted by molar-refractivity contribution is 0.377. The molecule has 1 atom stereocenters. The van der Waals surface area contributed by atoms with Crippen LogP contribution in [0.25, 0.3) is 0 Å². The van der Waals surface area contributed by atoms with Crippen molar-refractivity contribution in [1.82, 2.24) is 0 Å². The van der Waals surface area contributed by atoms with E-state index < -0.39 is 6.30 Å². The molecule has 0 fully saturated rings. The molecule has 0 bridgehead atoms. The van der Waals surface area contributed by atoms with Crippen LogP contribution in [0, 0.1) is 0 Å². The zero-order chi connectivity index (χ0) is 4.99. The standard InChI is InChI=1S/C3H7FN2/c1-3(4)6-2-5/h2-3H,1H3,(H2,5,6). The molecule has 0 aromatic rings. The maximum atomic E-state index is 11.4. The summed E-state index contributed by atoms with van der Waals surface area (Å²) in [5.74, 6) is 0. The number of alkyl halides is 1. The van der Waals surface area contributed by atoms with E-state index in [0.29, 0.717) is 0 Å². The van der Waals surface area contributed by atoms with Crippen molar-refractivity contribution in [3.63, 3.8) is 0 Å². The van der Waals surface area contributed by atoms with Crippen molar-refractivity contribution in [2.75, 3.05) is 0 Å². The first kappa shape index (κ1) is 5.40. The van der Waals surface area contributed by atoms with Crippen LogP contribution in [0.5, 0.6) is 0 Å². The zero-order valence-electron chi connectivity index (χ0n) is 3.56. The Balaban J connectivity index is 3.03. The molecular formula is C3H7FN2. The number of rotatable bonds is 1. The minimum absolute atomic E-state index is 0.949. The van der Waals surface area contributed by atoms with Crippen LogP contribution in [-0.2, 0) is 0 Å². The first-order chi connectivity index (χ1) is 2.77. The lowest BCUT2D eigenvalue weighted by atomic mass is 10.7. The van der Waals surface area contributed by atoms with Crippen LogP contribution in [0.1, 0.15) is 6.92 Å². The fourth-order valence-electron chi connectivity index (χ4n) is 0.119. The minimum Gasteiger partial charge on any atom is -0.390 e. The topological polar surface area (TPSA) is 38.4 Å². The first-order valence-corrected chi connectivity index (χ1v) is 1.65. The van der Waals surface area contributed by atoms with Gasteiger partial charge in [-0.15, -0.1) is 0 Å². The fraction of sp³-hybridized carbons (Fsp3) is 0.667. The third-order valence-corrected chi connectivity index (χ3v) is 0.291. The molecule has 0 heterocycles. The van der Waals surface area contributed by atoms with Crippen molar-refractivity contribution in [2.45, 2.75) is 13.2 Å². The minimum atomic E-state index is -1.16. The van der Waals surface area contributed by atoms with Crippen molar-refractivity contribution in [3.8, 4) is 0 Å². The summed E-state index contributed by atoms with van der Waals surface area (Å²) in [7, 11) is 0. The van der Waals surface area contributed by atoms with Gasteiger partial charge in [0.2, 0.25) is 0 Å². The van der Waals surface area contributed by atoms with Gasteiger partial charge in [0.1, 0.15) is 0 Å². The van der Waals surface area contributed by atoms with Crippen LogP contribution in [0.4, 0.5) is 4.39 Å². The van der Waals surface area contributed by atoms with Crippen LogP contribution >= 0.6 is 0 Å². The molecule has 3 heteroatoms. The van der Waals surface area contributed by atoms with Gasteiger partial charge in [-0.3, -0.25) is 0 Å². The Morgan fingerprint density at radius 3 is 2.50 bits per heavy atom. The van der Waals surface area contributed by atoms with Crippen LogP contribution < -0.4 is 5.73 Å². The monoisotopic (exact) mass is 90.1 g/mol. The highest BCUT2D eigenvalue weighted by molar-refractivity contribution is 5.51. The van der Waals surface area contributed by atoms with Gasteiger partial charge in [0.25, 0.3) is 0 Å². The molecule has 0 radical (unpaired) electrons. The van der Waals surface area contributed by atoms with E-state index in [0.717, 1.165) is 6.34 Å². The van der Waals surface area contributed by atoms with Gasteiger partial charge >= 0.3 is 0 Å². The summed E-state index contributed by atoms with van der Waals surface area (Å²) < 4.78 is 11.4. The molecular weight excluding hydrogens is 83.0 g/mol. The molecule has 0 amide bonds. The van der Waals surface area contributed by atoms with Crippen LogP contribution in [0.3, 0.4) is 0 Å². The third-order valence-electron chi connectivity index (χ3n) is 0.291. The molecule has 36 valence electrons. The van der Waals surface area contributed by atoms with Crippen LogP contribution in [-0.4, -0.2) is 12.6 Å². The Kier molecular flexibility index (Phi) is 2.36. The highest BCUT2D eigenvalue weighted by Gasteiger charge is 1.82. The molecule has 2 N–H and O–H groups in total. The molecule has 0 aromatic carbocycles. The predicted molar refractivity (Wildman–Crippen MR) is 23.2 cm³/mol. The largest absolute Gasteiger partial charge is 0.390 e. The van der Waals surface area contributed by atoms with E-state index in [2.05, 4.69) is 4.99 Å². The molecule has 1 unspecified atom stereocenters. The van der Waals surface area contributed by atoms with Crippen molar-refractivity contribution < 1.29 is 4.39 Å². The molecule has 0 spiro atoms. The Morgan fingerprint density at radius 2 is 2.50 bits per heavy atom. The summed E-state index contributed by atoms with van der Waals surface area (Å²) >= 11 is 0. The van der Waals surface area contributed by atoms with Crippen molar-refractivity contribution >= 4 is 6.34 Å². The number of hydrogen-bond donors (Lipinski definition) is 1. The summed E-state index contributed by atoms with van der Waals surface area (Å²) in [6.45, 7) is 1.31. The Labute approximate surface area is 35.9 Å². The second kappa shape index (κ2) is 2.63. The number of nitrogens with zero attached hydrogens (tertiary/aromatic N) is 1. The maximum absolute atomic E-state index is 11.4. The Bertz CT molecular complexity index is 50.8. The number of hydrogen-bond acceptors (Lipinski definition) is 1.